The molecule has 0 aromatic heterocycles. The van der Waals surface area contributed by atoms with Crippen LogP contribution in [-0.2, 0) is 11.3 Å². The van der Waals surface area contributed by atoms with Crippen LogP contribution < -0.4 is 20.1 Å². The Hall–Kier alpha value is -3.71. The first-order valence-electron chi connectivity index (χ1n) is 9.78. The number of halogens is 1. The molecule has 1 amide bonds. The van der Waals surface area contributed by atoms with E-state index in [1.807, 2.05) is 37.3 Å². The molecular weight excluding hydrogens is 432 g/mol. The number of hydrogen-bond donors (Lipinski definition) is 3. The number of ether oxygens (including phenoxy) is 2. The summed E-state index contributed by atoms with van der Waals surface area (Å²) in [7, 11) is 1.51. The fourth-order valence-corrected chi connectivity index (χ4v) is 3.09. The Morgan fingerprint density at radius 3 is 2.44 bits per heavy atom. The fraction of sp³-hybridized carbons (Fsp3) is 0.167. The van der Waals surface area contributed by atoms with Gasteiger partial charge in [0.25, 0.3) is 5.91 Å². The van der Waals surface area contributed by atoms with Gasteiger partial charge in [-0.1, -0.05) is 35.4 Å². The molecule has 0 saturated heterocycles. The summed E-state index contributed by atoms with van der Waals surface area (Å²) in [6.45, 7) is 2.19. The number of anilines is 2. The summed E-state index contributed by atoms with van der Waals surface area (Å²) in [5.74, 6) is -0.409. The molecule has 0 atom stereocenters. The van der Waals surface area contributed by atoms with Crippen molar-refractivity contribution < 1.29 is 24.2 Å². The summed E-state index contributed by atoms with van der Waals surface area (Å²) < 4.78 is 11.0. The molecule has 8 heteroatoms. The van der Waals surface area contributed by atoms with Gasteiger partial charge in [-0.2, -0.15) is 0 Å². The van der Waals surface area contributed by atoms with E-state index in [1.54, 1.807) is 12.1 Å². The monoisotopic (exact) mass is 454 g/mol. The van der Waals surface area contributed by atoms with Crippen molar-refractivity contribution in [1.82, 2.24) is 0 Å². The van der Waals surface area contributed by atoms with Gasteiger partial charge in [0.15, 0.2) is 18.1 Å². The van der Waals surface area contributed by atoms with Gasteiger partial charge in [0.05, 0.1) is 23.4 Å². The van der Waals surface area contributed by atoms with Gasteiger partial charge < -0.3 is 25.2 Å². The van der Waals surface area contributed by atoms with Crippen LogP contribution in [0.3, 0.4) is 0 Å². The first kappa shape index (κ1) is 23.0. The lowest BCUT2D eigenvalue weighted by Gasteiger charge is -2.14. The number of aromatic carboxylic acids is 1. The number of carbonyl (C=O) groups excluding carboxylic acids is 1. The van der Waals surface area contributed by atoms with E-state index in [-0.39, 0.29) is 18.1 Å². The molecule has 0 saturated carbocycles. The van der Waals surface area contributed by atoms with Crippen molar-refractivity contribution in [1.29, 1.82) is 0 Å². The van der Waals surface area contributed by atoms with Gasteiger partial charge in [0.2, 0.25) is 0 Å². The highest BCUT2D eigenvalue weighted by Gasteiger charge is 2.11. The van der Waals surface area contributed by atoms with Gasteiger partial charge in [-0.15, -0.1) is 0 Å². The Morgan fingerprint density at radius 1 is 1.00 bits per heavy atom. The second kappa shape index (κ2) is 10.5. The van der Waals surface area contributed by atoms with Crippen molar-refractivity contribution >= 4 is 34.9 Å². The third-order valence-electron chi connectivity index (χ3n) is 4.62. The lowest BCUT2D eigenvalue weighted by Crippen LogP contribution is -2.20. The minimum Gasteiger partial charge on any atom is -0.493 e. The zero-order valence-electron chi connectivity index (χ0n) is 17.6. The van der Waals surface area contributed by atoms with Crippen LogP contribution in [0.1, 0.15) is 21.5 Å². The summed E-state index contributed by atoms with van der Waals surface area (Å²) in [5, 5.41) is 15.5. The van der Waals surface area contributed by atoms with Gasteiger partial charge in [0.1, 0.15) is 0 Å². The molecule has 0 aliphatic heterocycles. The Kier molecular flexibility index (Phi) is 7.57. The van der Waals surface area contributed by atoms with E-state index in [1.165, 1.54) is 25.3 Å². The molecule has 0 heterocycles. The van der Waals surface area contributed by atoms with E-state index in [2.05, 4.69) is 10.6 Å². The number of carbonyl (C=O) groups is 2. The van der Waals surface area contributed by atoms with Crippen molar-refractivity contribution in [3.8, 4) is 11.5 Å². The van der Waals surface area contributed by atoms with Crippen molar-refractivity contribution in [2.24, 2.45) is 0 Å². The quantitative estimate of drug-likeness (QED) is 0.421. The Balaban J connectivity index is 1.60. The molecule has 3 N–H and O–H groups in total. The van der Waals surface area contributed by atoms with E-state index in [0.29, 0.717) is 34.4 Å². The van der Waals surface area contributed by atoms with Crippen LogP contribution >= 0.6 is 11.6 Å². The largest absolute Gasteiger partial charge is 0.493 e. The van der Waals surface area contributed by atoms with E-state index < -0.39 is 5.97 Å². The normalized spacial score (nSPS) is 10.3. The number of hydrogen-bond acceptors (Lipinski definition) is 5. The zero-order chi connectivity index (χ0) is 23.1. The van der Waals surface area contributed by atoms with Crippen LogP contribution in [0.15, 0.2) is 60.7 Å². The number of benzene rings is 3. The molecule has 7 nitrogen and oxygen atoms in total. The summed E-state index contributed by atoms with van der Waals surface area (Å²) in [6, 6.07) is 17.2. The minimum absolute atomic E-state index is 0.141. The Labute approximate surface area is 190 Å². The summed E-state index contributed by atoms with van der Waals surface area (Å²) in [5.41, 5.74) is 3.31. The van der Waals surface area contributed by atoms with Gasteiger partial charge >= 0.3 is 5.97 Å². The lowest BCUT2D eigenvalue weighted by atomic mass is 10.1. The maximum Gasteiger partial charge on any atom is 0.335 e. The third-order valence-corrected chi connectivity index (χ3v) is 4.95. The highest BCUT2D eigenvalue weighted by molar-refractivity contribution is 6.33. The second-order valence-corrected chi connectivity index (χ2v) is 7.45. The maximum absolute atomic E-state index is 12.2. The number of rotatable bonds is 9. The second-order valence-electron chi connectivity index (χ2n) is 7.04. The summed E-state index contributed by atoms with van der Waals surface area (Å²) in [6.07, 6.45) is 0. The first-order chi connectivity index (χ1) is 15.4. The maximum atomic E-state index is 12.2. The number of carboxylic acids is 1. The predicted molar refractivity (Wildman–Crippen MR) is 124 cm³/mol. The van der Waals surface area contributed by atoms with Crippen LogP contribution in [0, 0.1) is 6.92 Å². The number of nitrogens with one attached hydrogen (secondary N) is 2. The molecular formula is C24H23ClN2O5. The topological polar surface area (TPSA) is 96.9 Å². The number of methoxy groups -OCH3 is 1. The molecule has 3 aromatic rings. The van der Waals surface area contributed by atoms with Crippen LogP contribution in [-0.4, -0.2) is 30.7 Å². The van der Waals surface area contributed by atoms with E-state index >= 15 is 0 Å². The van der Waals surface area contributed by atoms with Crippen molar-refractivity contribution in [3.63, 3.8) is 0 Å². The molecule has 32 heavy (non-hydrogen) atoms. The molecule has 0 radical (unpaired) electrons. The van der Waals surface area contributed by atoms with Gasteiger partial charge in [0, 0.05) is 12.2 Å². The van der Waals surface area contributed by atoms with Gasteiger partial charge in [-0.3, -0.25) is 4.79 Å². The van der Waals surface area contributed by atoms with Crippen molar-refractivity contribution in [3.05, 3.63) is 82.4 Å². The fourth-order valence-electron chi connectivity index (χ4n) is 2.91. The highest BCUT2D eigenvalue weighted by atomic mass is 35.5. The van der Waals surface area contributed by atoms with Crippen LogP contribution in [0.4, 0.5) is 11.4 Å². The zero-order valence-corrected chi connectivity index (χ0v) is 18.4. The van der Waals surface area contributed by atoms with Gasteiger partial charge in [-0.25, -0.2) is 4.79 Å². The van der Waals surface area contributed by atoms with E-state index in [0.717, 1.165) is 11.1 Å². The van der Waals surface area contributed by atoms with Crippen LogP contribution in [0.2, 0.25) is 5.02 Å². The standard InChI is InChI=1S/C24H23ClN2O5/c1-15-3-7-18(8-4-15)27-23(28)14-32-21-10-5-16(11-22(21)31-2)13-26-20-12-17(24(29)30)6-9-19(20)25/h3-12,26H,13-14H2,1-2H3,(H,27,28)(H,29,30). The van der Waals surface area contributed by atoms with E-state index in [4.69, 9.17) is 26.2 Å². The number of carboxylic acid groups (broad SMARTS) is 1. The number of amides is 1. The third kappa shape index (κ3) is 6.15. The average molecular weight is 455 g/mol. The lowest BCUT2D eigenvalue weighted by molar-refractivity contribution is -0.118. The van der Waals surface area contributed by atoms with Crippen molar-refractivity contribution in [2.75, 3.05) is 24.4 Å². The summed E-state index contributed by atoms with van der Waals surface area (Å²) in [4.78, 5) is 23.3. The molecule has 0 spiro atoms. The van der Waals surface area contributed by atoms with Crippen LogP contribution in [0.5, 0.6) is 11.5 Å². The van der Waals surface area contributed by atoms with Gasteiger partial charge in [-0.05, 0) is 55.0 Å². The van der Waals surface area contributed by atoms with Crippen LogP contribution in [0.25, 0.3) is 0 Å². The summed E-state index contributed by atoms with van der Waals surface area (Å²) >= 11 is 6.15. The molecule has 3 aromatic carbocycles. The molecule has 3 rings (SSSR count). The molecule has 0 bridgehead atoms. The van der Waals surface area contributed by atoms with Crippen molar-refractivity contribution in [2.45, 2.75) is 13.5 Å². The molecule has 166 valence electrons. The predicted octanol–water partition coefficient (Wildman–Crippen LogP) is 4.98. The minimum atomic E-state index is -1.03. The molecule has 0 aliphatic carbocycles. The average Bonchev–Trinajstić information content (AvgIpc) is 2.78. The van der Waals surface area contributed by atoms with E-state index in [9.17, 15) is 9.59 Å². The number of aryl methyl sites for hydroxylation is 1. The molecule has 0 fully saturated rings. The highest BCUT2D eigenvalue weighted by Crippen LogP contribution is 2.29. The SMILES string of the molecule is COc1cc(CNc2cc(C(=O)O)ccc2Cl)ccc1OCC(=O)Nc1ccc(C)cc1. The molecule has 0 aliphatic rings. The first-order valence-corrected chi connectivity index (χ1v) is 10.2. The smallest absolute Gasteiger partial charge is 0.335 e. The Morgan fingerprint density at radius 2 is 1.75 bits per heavy atom. The Bertz CT molecular complexity index is 1120. The molecule has 0 unspecified atom stereocenters.